The Morgan fingerprint density at radius 1 is 0.900 bits per heavy atom. The van der Waals surface area contributed by atoms with Gasteiger partial charge in [-0.2, -0.15) is 5.06 Å². The minimum Gasteiger partial charge on any atom is -0.467 e. The maximum atomic E-state index is 12.9. The number of rotatable bonds is 9. The SMILES string of the molecule is CCC1(CC)c2ccccc2C(CC)(CC)N1OC(C)(COC(C)(C)C)C(=O)OC. The first-order valence-corrected chi connectivity index (χ1v) is 11.3. The molecule has 0 N–H and O–H groups in total. The number of carbonyl (C=O) groups excluding carboxylic acids is 1. The lowest BCUT2D eigenvalue weighted by molar-refractivity contribution is -0.338. The molecule has 5 nitrogen and oxygen atoms in total. The second kappa shape index (κ2) is 8.97. The first-order valence-electron chi connectivity index (χ1n) is 11.3. The molecule has 0 aliphatic carbocycles. The smallest absolute Gasteiger partial charge is 0.342 e. The second-order valence-corrected chi connectivity index (χ2v) is 9.53. The van der Waals surface area contributed by atoms with E-state index in [0.29, 0.717) is 0 Å². The fourth-order valence-corrected chi connectivity index (χ4v) is 4.83. The molecule has 0 saturated heterocycles. The summed E-state index contributed by atoms with van der Waals surface area (Å²) >= 11 is 0. The molecular weight excluding hydrogens is 378 g/mol. The Morgan fingerprint density at radius 3 is 1.67 bits per heavy atom. The van der Waals surface area contributed by atoms with Crippen molar-refractivity contribution < 1.29 is 19.1 Å². The highest BCUT2D eigenvalue weighted by molar-refractivity contribution is 5.79. The predicted octanol–water partition coefficient (Wildman–Crippen LogP) is 5.71. The normalized spacial score (nSPS) is 19.9. The van der Waals surface area contributed by atoms with Crippen LogP contribution in [0.25, 0.3) is 0 Å². The molecule has 0 spiro atoms. The fraction of sp³-hybridized carbons (Fsp3) is 0.720. The standard InChI is InChI=1S/C25H41NO4/c1-10-24(11-2)19-16-14-15-17-20(19)25(12-3,13-4)26(24)30-23(8,21(27)28-9)18-29-22(5,6)7/h14-17H,10-13,18H2,1-9H3. The molecule has 0 bridgehead atoms. The van der Waals surface area contributed by atoms with Gasteiger partial charge >= 0.3 is 5.97 Å². The van der Waals surface area contributed by atoms with Crippen molar-refractivity contribution in [3.05, 3.63) is 35.4 Å². The second-order valence-electron chi connectivity index (χ2n) is 9.53. The summed E-state index contributed by atoms with van der Waals surface area (Å²) in [5.74, 6) is -0.426. The number of hydrogen-bond donors (Lipinski definition) is 0. The predicted molar refractivity (Wildman–Crippen MR) is 120 cm³/mol. The van der Waals surface area contributed by atoms with E-state index in [4.69, 9.17) is 14.3 Å². The number of carbonyl (C=O) groups is 1. The van der Waals surface area contributed by atoms with Gasteiger partial charge in [0.15, 0.2) is 0 Å². The van der Waals surface area contributed by atoms with Gasteiger partial charge in [0.2, 0.25) is 5.60 Å². The molecular formula is C25H41NO4. The van der Waals surface area contributed by atoms with Crippen molar-refractivity contribution in [3.63, 3.8) is 0 Å². The van der Waals surface area contributed by atoms with Crippen LogP contribution >= 0.6 is 0 Å². The van der Waals surface area contributed by atoms with Crippen LogP contribution in [-0.4, -0.2) is 36.0 Å². The Hall–Kier alpha value is -1.43. The van der Waals surface area contributed by atoms with Crippen LogP contribution in [0.1, 0.15) is 92.2 Å². The van der Waals surface area contributed by atoms with Crippen LogP contribution in [0.3, 0.4) is 0 Å². The van der Waals surface area contributed by atoms with Crippen molar-refractivity contribution >= 4 is 5.97 Å². The monoisotopic (exact) mass is 419 g/mol. The Kier molecular flexibility index (Phi) is 7.43. The van der Waals surface area contributed by atoms with E-state index in [2.05, 4.69) is 57.0 Å². The van der Waals surface area contributed by atoms with Crippen LogP contribution in [-0.2, 0) is 30.2 Å². The molecule has 5 heteroatoms. The number of methoxy groups -OCH3 is 1. The molecule has 2 rings (SSSR count). The zero-order chi connectivity index (χ0) is 22.8. The van der Waals surface area contributed by atoms with Gasteiger partial charge in [-0.25, -0.2) is 4.79 Å². The van der Waals surface area contributed by atoms with Crippen molar-refractivity contribution in [2.24, 2.45) is 0 Å². The van der Waals surface area contributed by atoms with Crippen molar-refractivity contribution in [2.45, 2.75) is 103 Å². The summed E-state index contributed by atoms with van der Waals surface area (Å²) in [5, 5.41) is 2.13. The maximum Gasteiger partial charge on any atom is 0.342 e. The number of hydroxylamine groups is 2. The van der Waals surface area contributed by atoms with Crippen LogP contribution in [0, 0.1) is 0 Å². The van der Waals surface area contributed by atoms with Gasteiger partial charge in [0, 0.05) is 0 Å². The minimum atomic E-state index is -1.25. The first kappa shape index (κ1) is 24.8. The van der Waals surface area contributed by atoms with Gasteiger partial charge in [-0.05, 0) is 64.5 Å². The van der Waals surface area contributed by atoms with Crippen LogP contribution in [0.5, 0.6) is 0 Å². The topological polar surface area (TPSA) is 48.0 Å². The number of hydrogen-bond acceptors (Lipinski definition) is 5. The van der Waals surface area contributed by atoms with Gasteiger partial charge < -0.3 is 9.47 Å². The van der Waals surface area contributed by atoms with E-state index in [1.54, 1.807) is 6.92 Å². The number of benzene rings is 1. The van der Waals surface area contributed by atoms with E-state index in [1.807, 2.05) is 20.8 Å². The summed E-state index contributed by atoms with van der Waals surface area (Å²) in [4.78, 5) is 19.7. The third-order valence-electron chi connectivity index (χ3n) is 6.74. The molecule has 0 aromatic heterocycles. The molecule has 1 atom stereocenters. The van der Waals surface area contributed by atoms with E-state index < -0.39 is 17.2 Å². The Balaban J connectivity index is 2.63. The van der Waals surface area contributed by atoms with Crippen molar-refractivity contribution in [1.82, 2.24) is 5.06 Å². The lowest BCUT2D eigenvalue weighted by atomic mass is 9.83. The molecule has 0 amide bonds. The summed E-state index contributed by atoms with van der Waals surface area (Å²) < 4.78 is 11.2. The Morgan fingerprint density at radius 2 is 1.33 bits per heavy atom. The quantitative estimate of drug-likeness (QED) is 0.480. The van der Waals surface area contributed by atoms with Crippen LogP contribution in [0.4, 0.5) is 0 Å². The average molecular weight is 420 g/mol. The summed E-state index contributed by atoms with van der Waals surface area (Å²) in [6.45, 7) is 16.6. The largest absolute Gasteiger partial charge is 0.467 e. The zero-order valence-electron chi connectivity index (χ0n) is 20.4. The molecule has 1 aromatic rings. The molecule has 0 saturated carbocycles. The van der Waals surface area contributed by atoms with E-state index >= 15 is 0 Å². The van der Waals surface area contributed by atoms with Crippen LogP contribution in [0.2, 0.25) is 0 Å². The van der Waals surface area contributed by atoms with Crippen molar-refractivity contribution in [1.29, 1.82) is 0 Å². The number of ether oxygens (including phenoxy) is 2. The first-order chi connectivity index (χ1) is 14.0. The van der Waals surface area contributed by atoms with Crippen LogP contribution < -0.4 is 0 Å². The van der Waals surface area contributed by atoms with E-state index in [0.717, 1.165) is 25.7 Å². The Bertz CT molecular complexity index is 692. The van der Waals surface area contributed by atoms with Crippen LogP contribution in [0.15, 0.2) is 24.3 Å². The molecule has 0 radical (unpaired) electrons. The molecule has 1 aromatic carbocycles. The lowest BCUT2D eigenvalue weighted by Crippen LogP contribution is -2.58. The number of fused-ring (bicyclic) bond motifs is 1. The van der Waals surface area contributed by atoms with Gasteiger partial charge in [0.25, 0.3) is 0 Å². The van der Waals surface area contributed by atoms with Crippen molar-refractivity contribution in [2.75, 3.05) is 13.7 Å². The molecule has 1 unspecified atom stereocenters. The fourth-order valence-electron chi connectivity index (χ4n) is 4.83. The number of esters is 1. The van der Waals surface area contributed by atoms with Crippen molar-refractivity contribution in [3.8, 4) is 0 Å². The highest BCUT2D eigenvalue weighted by Crippen LogP contribution is 2.56. The molecule has 170 valence electrons. The summed E-state index contributed by atoms with van der Waals surface area (Å²) in [6.07, 6.45) is 3.50. The summed E-state index contributed by atoms with van der Waals surface area (Å²) in [7, 11) is 1.40. The average Bonchev–Trinajstić information content (AvgIpc) is 2.97. The molecule has 1 heterocycles. The maximum absolute atomic E-state index is 12.9. The molecule has 1 aliphatic rings. The highest BCUT2D eigenvalue weighted by Gasteiger charge is 2.59. The van der Waals surface area contributed by atoms with Gasteiger partial charge in [-0.3, -0.25) is 4.84 Å². The van der Waals surface area contributed by atoms with Gasteiger partial charge in [-0.15, -0.1) is 0 Å². The van der Waals surface area contributed by atoms with Gasteiger partial charge in [0.1, 0.15) is 0 Å². The van der Waals surface area contributed by atoms with E-state index in [9.17, 15) is 4.79 Å². The highest BCUT2D eigenvalue weighted by atomic mass is 16.7. The molecule has 1 aliphatic heterocycles. The van der Waals surface area contributed by atoms with E-state index in [1.165, 1.54) is 18.2 Å². The zero-order valence-corrected chi connectivity index (χ0v) is 20.4. The molecule has 0 fully saturated rings. The Labute approximate surface area is 183 Å². The number of nitrogens with zero attached hydrogens (tertiary/aromatic N) is 1. The summed E-state index contributed by atoms with van der Waals surface area (Å²) in [6, 6.07) is 8.63. The summed E-state index contributed by atoms with van der Waals surface area (Å²) in [5.41, 5.74) is 0.297. The molecule has 30 heavy (non-hydrogen) atoms. The third-order valence-corrected chi connectivity index (χ3v) is 6.74. The lowest BCUT2D eigenvalue weighted by Gasteiger charge is -2.49. The van der Waals surface area contributed by atoms with E-state index in [-0.39, 0.29) is 17.7 Å². The van der Waals surface area contributed by atoms with Gasteiger partial charge in [0.05, 0.1) is 30.4 Å². The minimum absolute atomic E-state index is 0.114. The van der Waals surface area contributed by atoms with Gasteiger partial charge in [-0.1, -0.05) is 52.0 Å². The third kappa shape index (κ3) is 4.04.